The average molecular weight is 346 g/mol. The molecule has 25 heavy (non-hydrogen) atoms. The molecular weight excluding hydrogens is 316 g/mol. The predicted octanol–water partition coefficient (Wildman–Crippen LogP) is 2.59. The summed E-state index contributed by atoms with van der Waals surface area (Å²) in [6.45, 7) is 3.54. The zero-order chi connectivity index (χ0) is 17.8. The van der Waals surface area contributed by atoms with E-state index in [2.05, 4.69) is 24.0 Å². The number of carbonyl (C=O) groups is 1. The molecule has 1 aromatic rings. The molecule has 3 rings (SSSR count). The van der Waals surface area contributed by atoms with Gasteiger partial charge in [-0.1, -0.05) is 18.6 Å². The van der Waals surface area contributed by atoms with Crippen molar-refractivity contribution in [1.29, 1.82) is 0 Å². The first-order chi connectivity index (χ1) is 12.1. The quantitative estimate of drug-likeness (QED) is 0.890. The molecule has 3 unspecified atom stereocenters. The van der Waals surface area contributed by atoms with E-state index in [9.17, 15) is 9.90 Å². The second-order valence-corrected chi connectivity index (χ2v) is 7.31. The molecule has 5 heteroatoms. The maximum atomic E-state index is 13.0. The molecule has 2 aliphatic heterocycles. The van der Waals surface area contributed by atoms with E-state index >= 15 is 0 Å². The number of benzene rings is 1. The van der Waals surface area contributed by atoms with Crippen LogP contribution in [-0.4, -0.2) is 59.7 Å². The third-order valence-electron chi connectivity index (χ3n) is 5.80. The van der Waals surface area contributed by atoms with Crippen LogP contribution in [-0.2, 0) is 4.79 Å². The lowest BCUT2D eigenvalue weighted by Gasteiger charge is -2.40. The largest absolute Gasteiger partial charge is 0.497 e. The van der Waals surface area contributed by atoms with E-state index in [-0.39, 0.29) is 24.6 Å². The third kappa shape index (κ3) is 3.98. The number of rotatable bonds is 5. The highest BCUT2D eigenvalue weighted by atomic mass is 16.5. The van der Waals surface area contributed by atoms with Crippen LogP contribution < -0.4 is 4.74 Å². The predicted molar refractivity (Wildman–Crippen MR) is 97.6 cm³/mol. The van der Waals surface area contributed by atoms with Gasteiger partial charge < -0.3 is 14.7 Å². The van der Waals surface area contributed by atoms with Gasteiger partial charge in [0.05, 0.1) is 26.3 Å². The van der Waals surface area contributed by atoms with Crippen molar-refractivity contribution in [1.82, 2.24) is 9.80 Å². The number of carbonyl (C=O) groups excluding carboxylic acids is 1. The van der Waals surface area contributed by atoms with E-state index in [1.807, 2.05) is 17.0 Å². The Labute approximate surface area is 150 Å². The maximum Gasteiger partial charge on any atom is 0.237 e. The summed E-state index contributed by atoms with van der Waals surface area (Å²) in [4.78, 5) is 17.2. The first-order valence-corrected chi connectivity index (χ1v) is 9.44. The molecule has 0 aromatic heterocycles. The number of aliphatic hydroxyl groups excluding tert-OH is 1. The topological polar surface area (TPSA) is 53.0 Å². The second kappa shape index (κ2) is 8.19. The van der Waals surface area contributed by atoms with Gasteiger partial charge in [-0.25, -0.2) is 0 Å². The van der Waals surface area contributed by atoms with E-state index in [0.29, 0.717) is 12.6 Å². The van der Waals surface area contributed by atoms with E-state index in [1.165, 1.54) is 5.56 Å². The number of aliphatic hydroxyl groups is 1. The van der Waals surface area contributed by atoms with Crippen LogP contribution in [0.2, 0.25) is 0 Å². The minimum atomic E-state index is 0.120. The van der Waals surface area contributed by atoms with Crippen LogP contribution in [0.25, 0.3) is 0 Å². The molecule has 2 aliphatic rings. The van der Waals surface area contributed by atoms with Crippen molar-refractivity contribution in [2.45, 2.75) is 57.2 Å². The molecule has 2 fully saturated rings. The van der Waals surface area contributed by atoms with Crippen molar-refractivity contribution >= 4 is 5.91 Å². The highest BCUT2D eigenvalue weighted by Gasteiger charge is 2.34. The van der Waals surface area contributed by atoms with Crippen LogP contribution in [0.1, 0.15) is 50.6 Å². The van der Waals surface area contributed by atoms with Crippen molar-refractivity contribution in [3.63, 3.8) is 0 Å². The smallest absolute Gasteiger partial charge is 0.237 e. The van der Waals surface area contributed by atoms with Crippen LogP contribution in [0.3, 0.4) is 0 Å². The van der Waals surface area contributed by atoms with Crippen LogP contribution in [0.15, 0.2) is 24.3 Å². The fourth-order valence-electron chi connectivity index (χ4n) is 4.31. The van der Waals surface area contributed by atoms with E-state index in [4.69, 9.17) is 4.74 Å². The molecule has 0 bridgehead atoms. The van der Waals surface area contributed by atoms with Gasteiger partial charge in [-0.3, -0.25) is 9.69 Å². The Morgan fingerprint density at radius 3 is 2.64 bits per heavy atom. The van der Waals surface area contributed by atoms with Gasteiger partial charge in [0.2, 0.25) is 5.91 Å². The molecule has 0 aliphatic carbocycles. The average Bonchev–Trinajstić information content (AvgIpc) is 3.13. The number of ether oxygens (including phenoxy) is 1. The fourth-order valence-corrected chi connectivity index (χ4v) is 4.31. The summed E-state index contributed by atoms with van der Waals surface area (Å²) in [7, 11) is 1.66. The molecule has 3 atom stereocenters. The van der Waals surface area contributed by atoms with E-state index in [0.717, 1.165) is 44.4 Å². The minimum Gasteiger partial charge on any atom is -0.497 e. The first kappa shape index (κ1) is 18.2. The van der Waals surface area contributed by atoms with Gasteiger partial charge in [-0.2, -0.15) is 0 Å². The normalized spacial score (nSPS) is 27.5. The summed E-state index contributed by atoms with van der Waals surface area (Å²) in [5, 5.41) is 9.66. The van der Waals surface area contributed by atoms with Crippen LogP contribution in [0.4, 0.5) is 0 Å². The molecule has 0 saturated carbocycles. The van der Waals surface area contributed by atoms with Gasteiger partial charge in [0, 0.05) is 18.6 Å². The zero-order valence-corrected chi connectivity index (χ0v) is 15.4. The summed E-state index contributed by atoms with van der Waals surface area (Å²) in [5.74, 6) is 1.03. The summed E-state index contributed by atoms with van der Waals surface area (Å²) < 4.78 is 5.23. The van der Waals surface area contributed by atoms with Crippen LogP contribution in [0.5, 0.6) is 5.75 Å². The lowest BCUT2D eigenvalue weighted by Crippen LogP contribution is -2.51. The van der Waals surface area contributed by atoms with Crippen LogP contribution in [0, 0.1) is 0 Å². The number of nitrogens with zero attached hydrogens (tertiary/aromatic N) is 2. The number of hydrogen-bond donors (Lipinski definition) is 1. The van der Waals surface area contributed by atoms with Crippen molar-refractivity contribution < 1.29 is 14.6 Å². The van der Waals surface area contributed by atoms with Gasteiger partial charge in [-0.15, -0.1) is 0 Å². The number of methoxy groups -OCH3 is 1. The summed E-state index contributed by atoms with van der Waals surface area (Å²) in [5.41, 5.74) is 1.18. The molecule has 2 saturated heterocycles. The number of piperidine rings is 1. The molecule has 0 radical (unpaired) electrons. The Hall–Kier alpha value is -1.59. The van der Waals surface area contributed by atoms with Crippen molar-refractivity contribution in [2.24, 2.45) is 0 Å². The van der Waals surface area contributed by atoms with Gasteiger partial charge in [0.15, 0.2) is 0 Å². The third-order valence-corrected chi connectivity index (χ3v) is 5.80. The van der Waals surface area contributed by atoms with E-state index in [1.54, 1.807) is 7.11 Å². The van der Waals surface area contributed by atoms with Crippen molar-refractivity contribution in [3.8, 4) is 5.75 Å². The Balaban J connectivity index is 1.69. The highest BCUT2D eigenvalue weighted by molar-refractivity contribution is 5.79. The molecule has 2 heterocycles. The van der Waals surface area contributed by atoms with E-state index < -0.39 is 0 Å². The number of amides is 1. The minimum absolute atomic E-state index is 0.120. The van der Waals surface area contributed by atoms with Gasteiger partial charge in [0.1, 0.15) is 5.75 Å². The lowest BCUT2D eigenvalue weighted by atomic mass is 9.96. The Bertz CT molecular complexity index is 575. The SMILES string of the molecule is COc1ccc(C2CCCN2C(=O)CN2C(C)CCCC2CO)cc1. The van der Waals surface area contributed by atoms with Crippen LogP contribution >= 0.6 is 0 Å². The van der Waals surface area contributed by atoms with Gasteiger partial charge >= 0.3 is 0 Å². The fraction of sp³-hybridized carbons (Fsp3) is 0.650. The van der Waals surface area contributed by atoms with Gasteiger partial charge in [-0.05, 0) is 50.3 Å². The molecule has 138 valence electrons. The lowest BCUT2D eigenvalue weighted by molar-refractivity contribution is -0.135. The zero-order valence-electron chi connectivity index (χ0n) is 15.4. The maximum absolute atomic E-state index is 13.0. The van der Waals surface area contributed by atoms with Gasteiger partial charge in [0.25, 0.3) is 0 Å². The second-order valence-electron chi connectivity index (χ2n) is 7.31. The Morgan fingerprint density at radius 1 is 1.20 bits per heavy atom. The first-order valence-electron chi connectivity index (χ1n) is 9.44. The molecule has 1 N–H and O–H groups in total. The van der Waals surface area contributed by atoms with Crippen molar-refractivity contribution in [2.75, 3.05) is 26.8 Å². The Kier molecular flexibility index (Phi) is 5.97. The van der Waals surface area contributed by atoms with Crippen molar-refractivity contribution in [3.05, 3.63) is 29.8 Å². The molecule has 0 spiro atoms. The standard InChI is InChI=1S/C20H30N2O3/c1-15-5-3-6-17(14-23)22(15)13-20(24)21-12-4-7-19(21)16-8-10-18(25-2)11-9-16/h8-11,15,17,19,23H,3-7,12-14H2,1-2H3. The number of hydrogen-bond acceptors (Lipinski definition) is 4. The monoisotopic (exact) mass is 346 g/mol. The Morgan fingerprint density at radius 2 is 1.96 bits per heavy atom. The molecule has 1 amide bonds. The molecule has 1 aromatic carbocycles. The summed E-state index contributed by atoms with van der Waals surface area (Å²) in [6, 6.07) is 8.69. The summed E-state index contributed by atoms with van der Waals surface area (Å²) in [6.07, 6.45) is 5.27. The summed E-state index contributed by atoms with van der Waals surface area (Å²) >= 11 is 0. The number of likely N-dealkylation sites (tertiary alicyclic amines) is 2. The molecule has 5 nitrogen and oxygen atoms in total. The highest BCUT2D eigenvalue weighted by Crippen LogP contribution is 2.33. The molecular formula is C20H30N2O3.